The van der Waals surface area contributed by atoms with Gasteiger partial charge in [-0.2, -0.15) is 0 Å². The van der Waals surface area contributed by atoms with Crippen LogP contribution in [-0.2, 0) is 0 Å². The van der Waals surface area contributed by atoms with E-state index in [4.69, 9.17) is 0 Å². The normalized spacial score (nSPS) is 11.7. The molecule has 0 aromatic heterocycles. The summed E-state index contributed by atoms with van der Waals surface area (Å²) in [6.45, 7) is 4.36. The van der Waals surface area contributed by atoms with E-state index < -0.39 is 0 Å². The lowest BCUT2D eigenvalue weighted by Gasteiger charge is -2.10. The summed E-state index contributed by atoms with van der Waals surface area (Å²) >= 11 is 0. The lowest BCUT2D eigenvalue weighted by atomic mass is 9.92. The largest absolute Gasteiger partial charge is 0.0979 e. The summed E-state index contributed by atoms with van der Waals surface area (Å²) in [5, 5.41) is 13.4. The molecule has 0 saturated heterocycles. The van der Waals surface area contributed by atoms with Crippen molar-refractivity contribution in [3.63, 3.8) is 0 Å². The van der Waals surface area contributed by atoms with Gasteiger partial charge in [-0.1, -0.05) is 73.9 Å². The highest BCUT2D eigenvalue weighted by Crippen LogP contribution is 2.49. The molecule has 0 saturated carbocycles. The van der Waals surface area contributed by atoms with Gasteiger partial charge >= 0.3 is 0 Å². The van der Waals surface area contributed by atoms with Crippen LogP contribution < -0.4 is 0 Å². The lowest BCUT2D eigenvalue weighted by molar-refractivity contribution is 0.983. The molecule has 0 atom stereocenters. The molecule has 0 bridgehead atoms. The molecule has 0 N–H and O–H groups in total. The lowest BCUT2D eigenvalue weighted by Crippen LogP contribution is -1.88. The highest BCUT2D eigenvalue weighted by molar-refractivity contribution is 6.45. The monoisotopic (exact) mass is 382 g/mol. The Morgan fingerprint density at radius 2 is 0.900 bits per heavy atom. The van der Waals surface area contributed by atoms with Gasteiger partial charge in [0.1, 0.15) is 0 Å². The van der Waals surface area contributed by atoms with Crippen LogP contribution in [0.25, 0.3) is 53.9 Å². The quantitative estimate of drug-likeness (QED) is 0.210. The van der Waals surface area contributed by atoms with Crippen molar-refractivity contribution >= 4 is 53.9 Å². The molecule has 0 aliphatic heterocycles. The van der Waals surface area contributed by atoms with E-state index in [0.29, 0.717) is 0 Å². The number of unbranched alkanes of at least 4 members (excludes halogenated alkanes) is 2. The molecule has 6 rings (SSSR count). The summed E-state index contributed by atoms with van der Waals surface area (Å²) in [6.07, 6.45) is 4.01. The molecule has 30 heavy (non-hydrogen) atoms. The van der Waals surface area contributed by atoms with Gasteiger partial charge in [0.15, 0.2) is 0 Å². The van der Waals surface area contributed by atoms with Gasteiger partial charge in [-0.3, -0.25) is 0 Å². The number of benzene rings is 5. The van der Waals surface area contributed by atoms with Crippen molar-refractivity contribution in [3.05, 3.63) is 59.7 Å². The summed E-state index contributed by atoms with van der Waals surface area (Å²) in [6, 6.07) is 18.2. The first-order valence-electron chi connectivity index (χ1n) is 11.0. The minimum Gasteiger partial charge on any atom is -0.0979 e. The Hall–Kier alpha value is -3.48. The topological polar surface area (TPSA) is 0 Å². The molecule has 142 valence electrons. The van der Waals surface area contributed by atoms with E-state index in [1.807, 2.05) is 0 Å². The molecule has 0 unspecified atom stereocenters. The Morgan fingerprint density at radius 3 is 1.33 bits per heavy atom. The number of hydrogen-bond donors (Lipinski definition) is 0. The van der Waals surface area contributed by atoms with E-state index in [1.54, 1.807) is 0 Å². The smallest absolute Gasteiger partial charge is 0.0342 e. The summed E-state index contributed by atoms with van der Waals surface area (Å²) in [4.78, 5) is 0. The van der Waals surface area contributed by atoms with E-state index in [2.05, 4.69) is 86.1 Å². The Labute approximate surface area is 176 Å². The number of hydrogen-bond acceptors (Lipinski definition) is 0. The van der Waals surface area contributed by atoms with Crippen LogP contribution in [0.5, 0.6) is 0 Å². The fourth-order valence-electron chi connectivity index (χ4n) is 5.05. The maximum absolute atomic E-state index is 3.51. The molecular formula is C30H22. The summed E-state index contributed by atoms with van der Waals surface area (Å²) in [7, 11) is 0. The fraction of sp³-hybridized carbons (Fsp3) is 0.200. The molecule has 0 amide bonds. The Kier molecular flexibility index (Phi) is 3.78. The summed E-state index contributed by atoms with van der Waals surface area (Å²) in [5.74, 6) is 13.8. The van der Waals surface area contributed by atoms with Crippen molar-refractivity contribution in [2.24, 2.45) is 0 Å². The van der Waals surface area contributed by atoms with E-state index in [0.717, 1.165) is 36.8 Å². The second-order valence-corrected chi connectivity index (χ2v) is 8.29. The van der Waals surface area contributed by atoms with E-state index in [1.165, 1.54) is 53.9 Å². The first kappa shape index (κ1) is 17.4. The second kappa shape index (κ2) is 6.52. The second-order valence-electron chi connectivity index (χ2n) is 8.29. The third-order valence-corrected chi connectivity index (χ3v) is 6.32. The molecular weight excluding hydrogens is 360 g/mol. The van der Waals surface area contributed by atoms with Gasteiger partial charge < -0.3 is 0 Å². The first-order chi connectivity index (χ1) is 14.8. The zero-order valence-electron chi connectivity index (χ0n) is 17.4. The Morgan fingerprint density at radius 1 is 0.500 bits per heavy atom. The van der Waals surface area contributed by atoms with Gasteiger partial charge in [0.2, 0.25) is 0 Å². The van der Waals surface area contributed by atoms with Gasteiger partial charge in [-0.25, -0.2) is 0 Å². The summed E-state index contributed by atoms with van der Waals surface area (Å²) in [5.41, 5.74) is 2.25. The van der Waals surface area contributed by atoms with Crippen LogP contribution in [0.3, 0.4) is 0 Å². The fourth-order valence-corrected chi connectivity index (χ4v) is 5.05. The average molecular weight is 383 g/mol. The van der Waals surface area contributed by atoms with Crippen molar-refractivity contribution in [2.75, 3.05) is 0 Å². The minimum absolute atomic E-state index is 0.924. The molecule has 0 nitrogen and oxygen atoms in total. The van der Waals surface area contributed by atoms with Crippen LogP contribution in [0.1, 0.15) is 50.7 Å². The third kappa shape index (κ3) is 2.26. The maximum atomic E-state index is 3.51. The average Bonchev–Trinajstić information content (AvgIpc) is 3.14. The highest BCUT2D eigenvalue weighted by atomic mass is 14.2. The molecule has 0 aliphatic rings. The van der Waals surface area contributed by atoms with Gasteiger partial charge in [-0.15, -0.1) is 0 Å². The Balaban J connectivity index is 1.88. The van der Waals surface area contributed by atoms with Crippen LogP contribution in [0, 0.1) is 23.7 Å². The zero-order chi connectivity index (χ0) is 20.2. The van der Waals surface area contributed by atoms with Crippen LogP contribution in [0.4, 0.5) is 0 Å². The predicted octanol–water partition coefficient (Wildman–Crippen LogP) is 8.07. The molecule has 0 radical (unpaired) electrons. The zero-order valence-corrected chi connectivity index (χ0v) is 17.4. The molecule has 6 aromatic carbocycles. The number of rotatable bonds is 2. The highest BCUT2D eigenvalue weighted by Gasteiger charge is 2.22. The first-order valence-corrected chi connectivity index (χ1v) is 11.0. The van der Waals surface area contributed by atoms with Crippen molar-refractivity contribution < 1.29 is 0 Å². The molecule has 0 heterocycles. The molecule has 0 spiro atoms. The SMILES string of the molecule is CCCC#Cc1cc2ccc3ccc4ccc5cc(C#CCCC)c1c1c2c3c4c51. The van der Waals surface area contributed by atoms with E-state index in [-0.39, 0.29) is 0 Å². The van der Waals surface area contributed by atoms with Crippen LogP contribution in [0.15, 0.2) is 48.5 Å². The maximum Gasteiger partial charge on any atom is 0.0342 e. The minimum atomic E-state index is 0.924. The van der Waals surface area contributed by atoms with Crippen LogP contribution >= 0.6 is 0 Å². The van der Waals surface area contributed by atoms with E-state index >= 15 is 0 Å². The molecule has 0 heteroatoms. The van der Waals surface area contributed by atoms with E-state index in [9.17, 15) is 0 Å². The molecule has 0 aliphatic carbocycles. The van der Waals surface area contributed by atoms with Crippen molar-refractivity contribution in [1.29, 1.82) is 0 Å². The standard InChI is InChI=1S/C30H22/c1-3-5-7-9-21-17-23-15-13-19-11-12-20-14-16-24-18-22(10-8-6-4-2)25(21)30-28(23)26(19)27(20)29(24)30/h11-18H,3-6H2,1-2H3. The van der Waals surface area contributed by atoms with Crippen molar-refractivity contribution in [3.8, 4) is 23.7 Å². The van der Waals surface area contributed by atoms with Crippen molar-refractivity contribution in [2.45, 2.75) is 39.5 Å². The predicted molar refractivity (Wildman–Crippen MR) is 131 cm³/mol. The van der Waals surface area contributed by atoms with Gasteiger partial charge in [0, 0.05) is 34.7 Å². The Bertz CT molecular complexity index is 1540. The third-order valence-electron chi connectivity index (χ3n) is 6.32. The van der Waals surface area contributed by atoms with Crippen LogP contribution in [-0.4, -0.2) is 0 Å². The molecule has 0 fully saturated rings. The van der Waals surface area contributed by atoms with Gasteiger partial charge in [0.25, 0.3) is 0 Å². The van der Waals surface area contributed by atoms with Gasteiger partial charge in [-0.05, 0) is 68.1 Å². The van der Waals surface area contributed by atoms with Gasteiger partial charge in [0.05, 0.1) is 0 Å². The van der Waals surface area contributed by atoms with Crippen molar-refractivity contribution in [1.82, 2.24) is 0 Å². The summed E-state index contributed by atoms with van der Waals surface area (Å²) < 4.78 is 0. The molecule has 6 aromatic rings. The van der Waals surface area contributed by atoms with Crippen LogP contribution in [0.2, 0.25) is 0 Å².